The first-order valence-electron chi connectivity index (χ1n) is 3.43. The van der Waals surface area contributed by atoms with Crippen LogP contribution in [0, 0.1) is 0 Å². The number of nitrogen functional groups attached to an aromatic ring is 1. The number of hydrogen-bond acceptors (Lipinski definition) is 4. The predicted octanol–water partition coefficient (Wildman–Crippen LogP) is 0.197. The van der Waals surface area contributed by atoms with Crippen LogP contribution in [0.1, 0.15) is 13.8 Å². The second-order valence-corrected chi connectivity index (χ2v) is 2.43. The average molecular weight is 177 g/mol. The van der Waals surface area contributed by atoms with Gasteiger partial charge in [-0.1, -0.05) is 0 Å². The molecule has 0 aliphatic rings. The van der Waals surface area contributed by atoms with Crippen molar-refractivity contribution in [3.05, 3.63) is 12.3 Å². The Morgan fingerprint density at radius 1 is 1.50 bits per heavy atom. The third-order valence-corrected chi connectivity index (χ3v) is 0.996. The molecule has 0 radical (unpaired) electrons. The molecule has 0 atom stereocenters. The van der Waals surface area contributed by atoms with E-state index in [1.54, 1.807) is 12.3 Å². The van der Waals surface area contributed by atoms with E-state index in [1.807, 2.05) is 13.8 Å². The first-order chi connectivity index (χ1) is 5.18. The van der Waals surface area contributed by atoms with Gasteiger partial charge in [0.05, 0.1) is 6.10 Å². The molecule has 0 bridgehead atoms. The molecule has 1 rings (SSSR count). The van der Waals surface area contributed by atoms with Gasteiger partial charge in [-0.15, -0.1) is 0 Å². The number of nitrogens with two attached hydrogens (primary N) is 1. The van der Waals surface area contributed by atoms with Crippen LogP contribution < -0.4 is 10.5 Å². The maximum atomic E-state index is 5.40. The van der Waals surface area contributed by atoms with E-state index in [0.29, 0.717) is 11.8 Å². The van der Waals surface area contributed by atoms with E-state index in [2.05, 4.69) is 9.97 Å². The molecule has 0 amide bonds. The number of ether oxygens (including phenoxy) is 1. The predicted molar refractivity (Wildman–Crippen MR) is 49.4 cm³/mol. The van der Waals surface area contributed by atoms with E-state index in [1.165, 1.54) is 0 Å². The molecule has 2 N–H and O–H groups in total. The fraction of sp³-hybridized carbons (Fsp3) is 0.429. The van der Waals surface area contributed by atoms with Crippen LogP contribution in [0.3, 0.4) is 0 Å². The van der Waals surface area contributed by atoms with Gasteiger partial charge in [0.1, 0.15) is 5.82 Å². The summed E-state index contributed by atoms with van der Waals surface area (Å²) in [6, 6.07) is 1.95. The number of nitrogens with zero attached hydrogens (tertiary/aromatic N) is 2. The summed E-state index contributed by atoms with van der Waals surface area (Å²) < 4.78 is 5.19. The monoisotopic (exact) mass is 177 g/mol. The van der Waals surface area contributed by atoms with Gasteiger partial charge >= 0.3 is 35.6 Å². The molecule has 62 valence electrons. The molecule has 5 heteroatoms. The zero-order valence-electron chi connectivity index (χ0n) is 6.61. The van der Waals surface area contributed by atoms with Gasteiger partial charge in [-0.2, -0.15) is 4.98 Å². The third-order valence-electron chi connectivity index (χ3n) is 0.996. The number of anilines is 1. The first-order valence-corrected chi connectivity index (χ1v) is 3.43. The summed E-state index contributed by atoms with van der Waals surface area (Å²) in [6.45, 7) is 3.82. The van der Waals surface area contributed by atoms with Crippen molar-refractivity contribution in [2.75, 3.05) is 5.73 Å². The van der Waals surface area contributed by atoms with E-state index in [9.17, 15) is 0 Å². The van der Waals surface area contributed by atoms with Crippen LogP contribution in [0.25, 0.3) is 0 Å². The molecule has 0 aliphatic carbocycles. The van der Waals surface area contributed by atoms with Crippen LogP contribution in [-0.2, 0) is 0 Å². The van der Waals surface area contributed by atoms with Crippen molar-refractivity contribution in [2.45, 2.75) is 20.0 Å². The quantitative estimate of drug-likeness (QED) is 0.655. The Labute approximate surface area is 93.8 Å². The Balaban J connectivity index is 0.00000121. The number of rotatable bonds is 2. The fourth-order valence-electron chi connectivity index (χ4n) is 0.622. The Morgan fingerprint density at radius 3 is 2.67 bits per heavy atom. The molecule has 4 nitrogen and oxygen atoms in total. The van der Waals surface area contributed by atoms with E-state index in [0.717, 1.165) is 0 Å². The molecule has 0 spiro atoms. The molecule has 1 aromatic rings. The molecular formula is C7H12N3NaO. The Morgan fingerprint density at radius 2 is 2.17 bits per heavy atom. The molecular weight excluding hydrogens is 165 g/mol. The van der Waals surface area contributed by atoms with Gasteiger partial charge in [-0.25, -0.2) is 4.98 Å². The molecule has 0 fully saturated rings. The number of aromatic nitrogens is 2. The van der Waals surface area contributed by atoms with E-state index in [-0.39, 0.29) is 35.7 Å². The van der Waals surface area contributed by atoms with Gasteiger partial charge in [-0.05, 0) is 19.9 Å². The molecule has 0 saturated carbocycles. The molecule has 0 aromatic carbocycles. The Kier molecular flexibility index (Phi) is 5.20. The summed E-state index contributed by atoms with van der Waals surface area (Å²) >= 11 is 0. The second-order valence-electron chi connectivity index (χ2n) is 2.43. The van der Waals surface area contributed by atoms with Crippen molar-refractivity contribution in [3.63, 3.8) is 0 Å². The third kappa shape index (κ3) is 3.90. The Bertz CT molecular complexity index is 242. The van der Waals surface area contributed by atoms with Crippen molar-refractivity contribution in [2.24, 2.45) is 0 Å². The molecule has 0 saturated heterocycles. The minimum absolute atomic E-state index is 0. The number of hydrogen-bond donors (Lipinski definition) is 1. The summed E-state index contributed by atoms with van der Waals surface area (Å²) in [5.41, 5.74) is 5.40. The van der Waals surface area contributed by atoms with Gasteiger partial charge in [0.25, 0.3) is 0 Å². The second kappa shape index (κ2) is 5.35. The van der Waals surface area contributed by atoms with Gasteiger partial charge < -0.3 is 10.5 Å². The zero-order chi connectivity index (χ0) is 8.27. The van der Waals surface area contributed by atoms with Gasteiger partial charge in [-0.3, -0.25) is 0 Å². The molecule has 0 unspecified atom stereocenters. The molecule has 0 aliphatic heterocycles. The van der Waals surface area contributed by atoms with Crippen molar-refractivity contribution < 1.29 is 4.74 Å². The maximum absolute atomic E-state index is 5.40. The van der Waals surface area contributed by atoms with Crippen LogP contribution in [0.5, 0.6) is 6.01 Å². The summed E-state index contributed by atoms with van der Waals surface area (Å²) in [5.74, 6) is 0.427. The molecule has 1 heterocycles. The topological polar surface area (TPSA) is 61.0 Å². The van der Waals surface area contributed by atoms with E-state index in [4.69, 9.17) is 10.5 Å². The van der Waals surface area contributed by atoms with Crippen LogP contribution >= 0.6 is 0 Å². The Hall–Kier alpha value is -0.320. The van der Waals surface area contributed by atoms with Crippen molar-refractivity contribution in [1.82, 2.24) is 9.97 Å². The molecule has 1 aromatic heterocycles. The van der Waals surface area contributed by atoms with Crippen molar-refractivity contribution >= 4 is 35.4 Å². The summed E-state index contributed by atoms with van der Waals surface area (Å²) in [6.07, 6.45) is 1.65. The van der Waals surface area contributed by atoms with Crippen molar-refractivity contribution in [3.8, 4) is 6.01 Å². The standard InChI is InChI=1S/C7H11N3O.Na.H/c1-5(2)11-7-9-4-3-6(8)10-7;;/h3-5H,1-2H3,(H2,8,9,10);;. The summed E-state index contributed by atoms with van der Waals surface area (Å²) in [5, 5.41) is 0. The van der Waals surface area contributed by atoms with Gasteiger partial charge in [0.2, 0.25) is 0 Å². The SMILES string of the molecule is CC(C)Oc1nccc(N)n1.[NaH]. The molecule has 12 heavy (non-hydrogen) atoms. The fourth-order valence-corrected chi connectivity index (χ4v) is 0.622. The first kappa shape index (κ1) is 11.7. The van der Waals surface area contributed by atoms with Gasteiger partial charge in [0, 0.05) is 6.20 Å². The van der Waals surface area contributed by atoms with Crippen LogP contribution in [0.15, 0.2) is 12.3 Å². The van der Waals surface area contributed by atoms with E-state index < -0.39 is 0 Å². The summed E-state index contributed by atoms with van der Waals surface area (Å²) in [7, 11) is 0. The van der Waals surface area contributed by atoms with Crippen LogP contribution in [-0.4, -0.2) is 45.6 Å². The van der Waals surface area contributed by atoms with Crippen LogP contribution in [0.2, 0.25) is 0 Å². The zero-order valence-corrected chi connectivity index (χ0v) is 6.61. The van der Waals surface area contributed by atoms with Crippen molar-refractivity contribution in [1.29, 1.82) is 0 Å². The summed E-state index contributed by atoms with van der Waals surface area (Å²) in [4.78, 5) is 7.72. The van der Waals surface area contributed by atoms with Gasteiger partial charge in [0.15, 0.2) is 0 Å². The van der Waals surface area contributed by atoms with Crippen LogP contribution in [0.4, 0.5) is 5.82 Å². The average Bonchev–Trinajstić information content (AvgIpc) is 1.85. The van der Waals surface area contributed by atoms with E-state index >= 15 is 0 Å². The normalized spacial score (nSPS) is 9.25. The minimum atomic E-state index is 0.